The van der Waals surface area contributed by atoms with Crippen LogP contribution in [0.25, 0.3) is 11.0 Å². The first kappa shape index (κ1) is 16.8. The van der Waals surface area contributed by atoms with Gasteiger partial charge in [-0.15, -0.1) is 0 Å². The number of nitrogens with one attached hydrogen (secondary N) is 1. The van der Waals surface area contributed by atoms with E-state index in [1.807, 2.05) is 20.8 Å². The van der Waals surface area contributed by atoms with E-state index in [1.165, 1.54) is 0 Å². The van der Waals surface area contributed by atoms with Crippen LogP contribution in [0.3, 0.4) is 0 Å². The molecule has 0 radical (unpaired) electrons. The van der Waals surface area contributed by atoms with Crippen LogP contribution in [-0.2, 0) is 0 Å². The predicted octanol–water partition coefficient (Wildman–Crippen LogP) is 4.50. The van der Waals surface area contributed by atoms with Crippen LogP contribution >= 0.6 is 0 Å². The van der Waals surface area contributed by atoms with Crippen LogP contribution in [0.1, 0.15) is 41.7 Å². The predicted molar refractivity (Wildman–Crippen MR) is 98.8 cm³/mol. The Morgan fingerprint density at radius 3 is 2.32 bits per heavy atom. The van der Waals surface area contributed by atoms with Gasteiger partial charge in [0.25, 0.3) is 5.91 Å². The first-order valence-corrected chi connectivity index (χ1v) is 7.99. The molecule has 3 N–H and O–H groups in total. The van der Waals surface area contributed by atoms with E-state index in [0.717, 1.165) is 5.39 Å². The summed E-state index contributed by atoms with van der Waals surface area (Å²) in [6, 6.07) is 13.7. The van der Waals surface area contributed by atoms with Crippen LogP contribution in [0.5, 0.6) is 0 Å². The van der Waals surface area contributed by atoms with Gasteiger partial charge in [0, 0.05) is 27.7 Å². The SMILES string of the molecule is CC(C)(C)C(=O)c1cc2cc(NC(=O)c3ccc(N)cc3)ccc2o1. The van der Waals surface area contributed by atoms with Crippen LogP contribution in [-0.4, -0.2) is 11.7 Å². The molecule has 0 saturated heterocycles. The molecule has 3 rings (SSSR count). The number of rotatable bonds is 3. The van der Waals surface area contributed by atoms with E-state index in [9.17, 15) is 9.59 Å². The topological polar surface area (TPSA) is 85.3 Å². The van der Waals surface area contributed by atoms with Crippen molar-refractivity contribution < 1.29 is 14.0 Å². The van der Waals surface area contributed by atoms with Gasteiger partial charge in [-0.05, 0) is 48.5 Å². The molecule has 1 aromatic heterocycles. The highest BCUT2D eigenvalue weighted by atomic mass is 16.3. The average Bonchev–Trinajstić information content (AvgIpc) is 2.96. The molecule has 1 heterocycles. The van der Waals surface area contributed by atoms with Gasteiger partial charge in [0.1, 0.15) is 5.58 Å². The smallest absolute Gasteiger partial charge is 0.255 e. The summed E-state index contributed by atoms with van der Waals surface area (Å²) in [7, 11) is 0. The van der Waals surface area contributed by atoms with Crippen molar-refractivity contribution in [2.45, 2.75) is 20.8 Å². The molecule has 0 saturated carbocycles. The first-order valence-electron chi connectivity index (χ1n) is 7.99. The third kappa shape index (κ3) is 3.55. The first-order chi connectivity index (χ1) is 11.7. The van der Waals surface area contributed by atoms with Crippen LogP contribution in [0.2, 0.25) is 0 Å². The quantitative estimate of drug-likeness (QED) is 0.545. The molecule has 0 aliphatic heterocycles. The minimum atomic E-state index is -0.514. The average molecular weight is 336 g/mol. The Labute approximate surface area is 145 Å². The van der Waals surface area contributed by atoms with Gasteiger partial charge in [0.05, 0.1) is 0 Å². The normalized spacial score (nSPS) is 11.5. The number of anilines is 2. The third-order valence-corrected chi connectivity index (χ3v) is 3.85. The molecule has 0 unspecified atom stereocenters. The Balaban J connectivity index is 1.85. The van der Waals surface area contributed by atoms with Gasteiger partial charge in [-0.2, -0.15) is 0 Å². The molecule has 0 aliphatic carbocycles. The number of furan rings is 1. The van der Waals surface area contributed by atoms with Crippen molar-refractivity contribution in [3.8, 4) is 0 Å². The molecule has 1 amide bonds. The summed E-state index contributed by atoms with van der Waals surface area (Å²) >= 11 is 0. The van der Waals surface area contributed by atoms with Gasteiger partial charge in [-0.25, -0.2) is 0 Å². The monoisotopic (exact) mass is 336 g/mol. The number of Topliss-reactive ketones (excluding diaryl/α,β-unsaturated/α-hetero) is 1. The molecule has 0 atom stereocenters. The summed E-state index contributed by atoms with van der Waals surface area (Å²) in [6.07, 6.45) is 0. The van der Waals surface area contributed by atoms with Gasteiger partial charge in [-0.3, -0.25) is 9.59 Å². The highest BCUT2D eigenvalue weighted by Gasteiger charge is 2.26. The van der Waals surface area contributed by atoms with Crippen molar-refractivity contribution in [3.05, 3.63) is 59.9 Å². The molecule has 0 spiro atoms. The number of nitrogens with two attached hydrogens (primary N) is 1. The second-order valence-corrected chi connectivity index (χ2v) is 7.02. The maximum Gasteiger partial charge on any atom is 0.255 e. The number of ketones is 1. The fourth-order valence-electron chi connectivity index (χ4n) is 2.44. The molecule has 5 heteroatoms. The lowest BCUT2D eigenvalue weighted by Gasteiger charge is -2.13. The van der Waals surface area contributed by atoms with E-state index < -0.39 is 5.41 Å². The summed E-state index contributed by atoms with van der Waals surface area (Å²) in [5.41, 5.74) is 7.48. The zero-order valence-electron chi connectivity index (χ0n) is 14.4. The summed E-state index contributed by atoms with van der Waals surface area (Å²) in [5, 5.41) is 3.60. The Bertz CT molecular complexity index is 947. The second-order valence-electron chi connectivity index (χ2n) is 7.02. The van der Waals surface area contributed by atoms with Crippen molar-refractivity contribution in [1.29, 1.82) is 0 Å². The summed E-state index contributed by atoms with van der Waals surface area (Å²) in [6.45, 7) is 5.54. The number of benzene rings is 2. The molecule has 128 valence electrons. The van der Waals surface area contributed by atoms with Crippen molar-refractivity contribution in [3.63, 3.8) is 0 Å². The lowest BCUT2D eigenvalue weighted by molar-refractivity contribution is 0.0830. The zero-order chi connectivity index (χ0) is 18.2. The minimum absolute atomic E-state index is 0.0591. The third-order valence-electron chi connectivity index (χ3n) is 3.85. The summed E-state index contributed by atoms with van der Waals surface area (Å²) in [5.74, 6) is 0.0366. The number of carbonyl (C=O) groups excluding carboxylic acids is 2. The van der Waals surface area contributed by atoms with E-state index in [0.29, 0.717) is 28.3 Å². The van der Waals surface area contributed by atoms with Crippen LogP contribution in [0.4, 0.5) is 11.4 Å². The Hall–Kier alpha value is -3.08. The fourth-order valence-corrected chi connectivity index (χ4v) is 2.44. The van der Waals surface area contributed by atoms with Crippen molar-refractivity contribution in [1.82, 2.24) is 0 Å². The van der Waals surface area contributed by atoms with Crippen LogP contribution in [0.15, 0.2) is 52.9 Å². The van der Waals surface area contributed by atoms with Gasteiger partial charge in [0.15, 0.2) is 5.76 Å². The lowest BCUT2D eigenvalue weighted by atomic mass is 9.89. The number of carbonyl (C=O) groups is 2. The molecular weight excluding hydrogens is 316 g/mol. The van der Waals surface area contributed by atoms with E-state index >= 15 is 0 Å². The number of hydrogen-bond acceptors (Lipinski definition) is 4. The molecule has 2 aromatic carbocycles. The maximum atomic E-state index is 12.3. The zero-order valence-corrected chi connectivity index (χ0v) is 14.4. The Morgan fingerprint density at radius 1 is 1.00 bits per heavy atom. The van der Waals surface area contributed by atoms with Gasteiger partial charge >= 0.3 is 0 Å². The van der Waals surface area contributed by atoms with E-state index in [4.69, 9.17) is 10.2 Å². The van der Waals surface area contributed by atoms with E-state index in [2.05, 4.69) is 5.32 Å². The maximum absolute atomic E-state index is 12.3. The molecular formula is C20H20N2O3. The van der Waals surface area contributed by atoms with Gasteiger partial charge in [-0.1, -0.05) is 20.8 Å². The summed E-state index contributed by atoms with van der Waals surface area (Å²) < 4.78 is 5.64. The largest absolute Gasteiger partial charge is 0.453 e. The number of amides is 1. The molecule has 3 aromatic rings. The number of hydrogen-bond donors (Lipinski definition) is 2. The van der Waals surface area contributed by atoms with E-state index in [1.54, 1.807) is 48.5 Å². The minimum Gasteiger partial charge on any atom is -0.453 e. The molecule has 0 aliphatic rings. The highest BCUT2D eigenvalue weighted by Crippen LogP contribution is 2.28. The molecule has 5 nitrogen and oxygen atoms in total. The second kappa shape index (κ2) is 6.09. The molecule has 0 bridgehead atoms. The van der Waals surface area contributed by atoms with Crippen LogP contribution in [0, 0.1) is 5.41 Å². The Kier molecular flexibility index (Phi) is 4.08. The Morgan fingerprint density at radius 2 is 1.68 bits per heavy atom. The van der Waals surface area contributed by atoms with Crippen molar-refractivity contribution in [2.24, 2.45) is 5.41 Å². The van der Waals surface area contributed by atoms with Crippen LogP contribution < -0.4 is 11.1 Å². The molecule has 0 fully saturated rings. The number of fused-ring (bicyclic) bond motifs is 1. The van der Waals surface area contributed by atoms with Gasteiger partial charge in [0.2, 0.25) is 5.78 Å². The number of nitrogen functional groups attached to an aromatic ring is 1. The van der Waals surface area contributed by atoms with Crippen molar-refractivity contribution in [2.75, 3.05) is 11.1 Å². The molecule has 25 heavy (non-hydrogen) atoms. The van der Waals surface area contributed by atoms with E-state index in [-0.39, 0.29) is 11.7 Å². The highest BCUT2D eigenvalue weighted by molar-refractivity contribution is 6.06. The standard InChI is InChI=1S/C20H20N2O3/c1-20(2,3)18(23)17-11-13-10-15(8-9-16(13)25-17)22-19(24)12-4-6-14(21)7-5-12/h4-11H,21H2,1-3H3,(H,22,24). The summed E-state index contributed by atoms with van der Waals surface area (Å²) in [4.78, 5) is 24.6. The van der Waals surface area contributed by atoms with Gasteiger partial charge < -0.3 is 15.5 Å². The van der Waals surface area contributed by atoms with Crippen molar-refractivity contribution >= 4 is 34.0 Å². The lowest BCUT2D eigenvalue weighted by Crippen LogP contribution is -2.19. The fraction of sp³-hybridized carbons (Fsp3) is 0.200.